The van der Waals surface area contributed by atoms with Crippen molar-refractivity contribution in [3.63, 3.8) is 0 Å². The first-order chi connectivity index (χ1) is 9.15. The van der Waals surface area contributed by atoms with Crippen molar-refractivity contribution in [2.24, 2.45) is 0 Å². The van der Waals surface area contributed by atoms with Crippen molar-refractivity contribution in [2.75, 3.05) is 26.2 Å². The Morgan fingerprint density at radius 3 is 2.68 bits per heavy atom. The summed E-state index contributed by atoms with van der Waals surface area (Å²) < 4.78 is 14.2. The molecule has 1 N–H and O–H groups in total. The van der Waals surface area contributed by atoms with Crippen molar-refractivity contribution in [3.8, 4) is 0 Å². The van der Waals surface area contributed by atoms with E-state index in [0.717, 1.165) is 44.6 Å². The highest BCUT2D eigenvalue weighted by Crippen LogP contribution is 2.35. The van der Waals surface area contributed by atoms with Crippen molar-refractivity contribution < 1.29 is 4.39 Å². The first-order valence-corrected chi connectivity index (χ1v) is 7.42. The van der Waals surface area contributed by atoms with Gasteiger partial charge < -0.3 is 5.32 Å². The van der Waals surface area contributed by atoms with E-state index in [1.807, 2.05) is 6.92 Å². The molecule has 1 aromatic rings. The molecule has 2 nitrogen and oxygen atoms in total. The number of rotatable bonds is 4. The lowest BCUT2D eigenvalue weighted by Gasteiger charge is -2.36. The number of halogens is 2. The third kappa shape index (κ3) is 3.28. The highest BCUT2D eigenvalue weighted by atomic mass is 35.5. The predicted molar refractivity (Wildman–Crippen MR) is 78.2 cm³/mol. The zero-order valence-corrected chi connectivity index (χ0v) is 12.4. The van der Waals surface area contributed by atoms with Gasteiger partial charge in [-0.05, 0) is 25.0 Å². The Hall–Kier alpha value is -0.640. The minimum absolute atomic E-state index is 0.0968. The van der Waals surface area contributed by atoms with Gasteiger partial charge in [0.25, 0.3) is 0 Å². The molecule has 0 unspecified atom stereocenters. The summed E-state index contributed by atoms with van der Waals surface area (Å²) in [6.45, 7) is 7.90. The maximum Gasteiger partial charge on any atom is 0.129 e. The maximum absolute atomic E-state index is 14.2. The summed E-state index contributed by atoms with van der Waals surface area (Å²) in [5.74, 6) is -0.174. The average molecular weight is 285 g/mol. The average Bonchev–Trinajstić information content (AvgIpc) is 2.43. The smallest absolute Gasteiger partial charge is 0.129 e. The second kappa shape index (κ2) is 6.69. The Kier molecular flexibility index (Phi) is 5.20. The number of hydrogen-bond acceptors (Lipinski definition) is 2. The van der Waals surface area contributed by atoms with Gasteiger partial charge in [-0.1, -0.05) is 31.0 Å². The van der Waals surface area contributed by atoms with Gasteiger partial charge in [0.2, 0.25) is 0 Å². The Balaban J connectivity index is 2.35. The van der Waals surface area contributed by atoms with Crippen molar-refractivity contribution in [1.82, 2.24) is 10.2 Å². The molecule has 0 saturated carbocycles. The zero-order valence-electron chi connectivity index (χ0n) is 11.7. The maximum atomic E-state index is 14.2. The topological polar surface area (TPSA) is 15.3 Å². The number of aryl methyl sites for hydroxylation is 1. The van der Waals surface area contributed by atoms with Gasteiger partial charge in [-0.3, -0.25) is 4.90 Å². The van der Waals surface area contributed by atoms with Gasteiger partial charge in [-0.2, -0.15) is 0 Å². The van der Waals surface area contributed by atoms with Crippen molar-refractivity contribution in [3.05, 3.63) is 34.1 Å². The lowest BCUT2D eigenvalue weighted by atomic mass is 9.97. The summed E-state index contributed by atoms with van der Waals surface area (Å²) in [5.41, 5.74) is 1.64. The molecular formula is C15H22ClFN2. The van der Waals surface area contributed by atoms with Crippen LogP contribution in [-0.4, -0.2) is 31.1 Å². The summed E-state index contributed by atoms with van der Waals surface area (Å²) >= 11 is 6.37. The molecule has 1 saturated heterocycles. The molecule has 1 fully saturated rings. The van der Waals surface area contributed by atoms with Crippen molar-refractivity contribution >= 4 is 11.6 Å². The lowest BCUT2D eigenvalue weighted by molar-refractivity contribution is 0.161. The van der Waals surface area contributed by atoms with Crippen LogP contribution in [0.4, 0.5) is 4.39 Å². The first-order valence-electron chi connectivity index (χ1n) is 7.04. The van der Waals surface area contributed by atoms with E-state index < -0.39 is 0 Å². The fourth-order valence-corrected chi connectivity index (χ4v) is 3.04. The van der Waals surface area contributed by atoms with E-state index in [1.54, 1.807) is 12.1 Å². The third-order valence-corrected chi connectivity index (χ3v) is 4.31. The molecule has 2 rings (SSSR count). The van der Waals surface area contributed by atoms with E-state index in [1.165, 1.54) is 0 Å². The molecule has 1 aliphatic rings. The van der Waals surface area contributed by atoms with Crippen LogP contribution in [0.3, 0.4) is 0 Å². The molecule has 1 aromatic carbocycles. The highest BCUT2D eigenvalue weighted by Gasteiger charge is 2.26. The molecule has 0 spiro atoms. The molecule has 1 heterocycles. The monoisotopic (exact) mass is 284 g/mol. The number of hydrogen-bond donors (Lipinski definition) is 1. The number of nitrogens with zero attached hydrogens (tertiary/aromatic N) is 1. The SMILES string of the molecule is CCC[C@@H](c1c(F)ccc(C)c1Cl)N1CCNCC1. The molecule has 106 valence electrons. The number of nitrogens with one attached hydrogen (secondary N) is 1. The first kappa shape index (κ1) is 14.8. The second-order valence-electron chi connectivity index (χ2n) is 5.18. The van der Waals surface area contributed by atoms with Crippen LogP contribution in [0.5, 0.6) is 0 Å². The fraction of sp³-hybridized carbons (Fsp3) is 0.600. The van der Waals surface area contributed by atoms with E-state index >= 15 is 0 Å². The minimum atomic E-state index is -0.174. The predicted octanol–water partition coefficient (Wildman–Crippen LogP) is 3.53. The van der Waals surface area contributed by atoms with Crippen LogP contribution in [0.1, 0.15) is 36.9 Å². The minimum Gasteiger partial charge on any atom is -0.314 e. The Morgan fingerprint density at radius 2 is 2.05 bits per heavy atom. The number of piperazine rings is 1. The summed E-state index contributed by atoms with van der Waals surface area (Å²) in [4.78, 5) is 2.35. The quantitative estimate of drug-likeness (QED) is 0.910. The standard InChI is InChI=1S/C15H22ClFN2/c1-3-4-13(19-9-7-18-8-10-19)14-12(17)6-5-11(2)15(14)16/h5-6,13,18H,3-4,7-10H2,1-2H3/t13-/m0/s1. The van der Waals surface area contributed by atoms with Crippen molar-refractivity contribution in [2.45, 2.75) is 32.7 Å². The second-order valence-corrected chi connectivity index (χ2v) is 5.56. The molecule has 0 radical (unpaired) electrons. The van der Waals surface area contributed by atoms with Gasteiger partial charge in [-0.15, -0.1) is 0 Å². The van der Waals surface area contributed by atoms with Crippen LogP contribution >= 0.6 is 11.6 Å². The van der Waals surface area contributed by atoms with E-state index in [-0.39, 0.29) is 11.9 Å². The Labute approximate surface area is 119 Å². The Morgan fingerprint density at radius 1 is 1.37 bits per heavy atom. The summed E-state index contributed by atoms with van der Waals surface area (Å²) in [6, 6.07) is 3.39. The zero-order chi connectivity index (χ0) is 13.8. The van der Waals surface area contributed by atoms with E-state index in [4.69, 9.17) is 11.6 Å². The molecule has 1 atom stereocenters. The summed E-state index contributed by atoms with van der Waals surface area (Å²) in [6.07, 6.45) is 1.97. The molecular weight excluding hydrogens is 263 g/mol. The van der Waals surface area contributed by atoms with Gasteiger partial charge in [0.05, 0.1) is 5.02 Å². The Bertz CT molecular complexity index is 430. The number of benzene rings is 1. The molecule has 1 aliphatic heterocycles. The molecule has 0 aromatic heterocycles. The van der Waals surface area contributed by atoms with Crippen LogP contribution in [0, 0.1) is 12.7 Å². The van der Waals surface area contributed by atoms with Crippen LogP contribution in [0.25, 0.3) is 0 Å². The van der Waals surface area contributed by atoms with Gasteiger partial charge in [0.1, 0.15) is 5.82 Å². The van der Waals surface area contributed by atoms with E-state index in [0.29, 0.717) is 10.6 Å². The van der Waals surface area contributed by atoms with Crippen LogP contribution in [0.2, 0.25) is 5.02 Å². The fourth-order valence-electron chi connectivity index (χ4n) is 2.76. The van der Waals surface area contributed by atoms with Crippen LogP contribution in [0.15, 0.2) is 12.1 Å². The summed E-state index contributed by atoms with van der Waals surface area (Å²) in [5, 5.41) is 3.93. The third-order valence-electron chi connectivity index (χ3n) is 3.81. The van der Waals surface area contributed by atoms with Gasteiger partial charge in [0, 0.05) is 37.8 Å². The molecule has 0 amide bonds. The van der Waals surface area contributed by atoms with Gasteiger partial charge in [-0.25, -0.2) is 4.39 Å². The molecule has 0 aliphatic carbocycles. The molecule has 0 bridgehead atoms. The summed E-state index contributed by atoms with van der Waals surface area (Å²) in [7, 11) is 0. The largest absolute Gasteiger partial charge is 0.314 e. The van der Waals surface area contributed by atoms with Crippen molar-refractivity contribution in [1.29, 1.82) is 0 Å². The van der Waals surface area contributed by atoms with E-state index in [2.05, 4.69) is 17.1 Å². The lowest BCUT2D eigenvalue weighted by Crippen LogP contribution is -2.45. The van der Waals surface area contributed by atoms with Gasteiger partial charge in [0.15, 0.2) is 0 Å². The van der Waals surface area contributed by atoms with Crippen LogP contribution in [-0.2, 0) is 0 Å². The molecule has 4 heteroatoms. The van der Waals surface area contributed by atoms with Crippen LogP contribution < -0.4 is 5.32 Å². The van der Waals surface area contributed by atoms with E-state index in [9.17, 15) is 4.39 Å². The normalized spacial score (nSPS) is 18.5. The molecule has 19 heavy (non-hydrogen) atoms. The van der Waals surface area contributed by atoms with Gasteiger partial charge >= 0.3 is 0 Å². The highest BCUT2D eigenvalue weighted by molar-refractivity contribution is 6.32.